The van der Waals surface area contributed by atoms with E-state index >= 15 is 0 Å². The van der Waals surface area contributed by atoms with Crippen molar-refractivity contribution in [2.24, 2.45) is 5.92 Å². The van der Waals surface area contributed by atoms with Crippen molar-refractivity contribution in [2.45, 2.75) is 117 Å². The summed E-state index contributed by atoms with van der Waals surface area (Å²) in [5.74, 6) is 0.204. The van der Waals surface area contributed by atoms with Gasteiger partial charge < -0.3 is 4.55 Å². The van der Waals surface area contributed by atoms with E-state index in [-0.39, 0.29) is 12.5 Å². The maximum atomic E-state index is 10.7. The first-order valence-electron chi connectivity index (χ1n) is 10.6. The van der Waals surface area contributed by atoms with Gasteiger partial charge in [-0.05, 0) is 18.8 Å². The smallest absolute Gasteiger partial charge is 0.217 e. The molecule has 0 bridgehead atoms. The van der Waals surface area contributed by atoms with Crippen molar-refractivity contribution in [1.29, 1.82) is 0 Å². The third kappa shape index (κ3) is 20.0. The second-order valence-electron chi connectivity index (χ2n) is 7.38. The summed E-state index contributed by atoms with van der Waals surface area (Å²) in [5.41, 5.74) is 0. The van der Waals surface area contributed by atoms with Crippen LogP contribution in [0, 0.1) is 5.92 Å². The Morgan fingerprint density at radius 3 is 1.40 bits per heavy atom. The lowest BCUT2D eigenvalue weighted by molar-refractivity contribution is 0.200. The van der Waals surface area contributed by atoms with Crippen molar-refractivity contribution in [1.82, 2.24) is 0 Å². The first-order valence-corrected chi connectivity index (χ1v) is 11.9. The van der Waals surface area contributed by atoms with Crippen molar-refractivity contribution in [3.8, 4) is 0 Å². The van der Waals surface area contributed by atoms with E-state index in [9.17, 15) is 13.0 Å². The minimum Gasteiger partial charge on any atom is -0.726 e. The molecule has 0 spiro atoms. The highest BCUT2D eigenvalue weighted by atomic mass is 32.3. The average Bonchev–Trinajstić information content (AvgIpc) is 2.56. The molecular formula is C20H41O4S-. The van der Waals surface area contributed by atoms with Crippen molar-refractivity contribution >= 4 is 10.4 Å². The Morgan fingerprint density at radius 1 is 0.680 bits per heavy atom. The van der Waals surface area contributed by atoms with E-state index in [1.165, 1.54) is 77.0 Å². The number of hydrogen-bond donors (Lipinski definition) is 0. The minimum atomic E-state index is -4.56. The highest BCUT2D eigenvalue weighted by Gasteiger charge is 2.11. The summed E-state index contributed by atoms with van der Waals surface area (Å²) in [6.07, 6.45) is 19.5. The van der Waals surface area contributed by atoms with Gasteiger partial charge in [-0.25, -0.2) is 8.42 Å². The van der Waals surface area contributed by atoms with E-state index in [0.717, 1.165) is 25.7 Å². The standard InChI is InChI=1S/C20H42O4S/c1-3-5-7-9-11-12-14-16-18-20(19-24-25(21,22)23)17-15-13-10-8-6-4-2/h20H,3-19H2,1-2H3,(H,21,22,23)/p-1. The topological polar surface area (TPSA) is 66.4 Å². The number of rotatable bonds is 19. The van der Waals surface area contributed by atoms with Crippen LogP contribution < -0.4 is 0 Å². The Hall–Kier alpha value is -0.130. The van der Waals surface area contributed by atoms with Crippen LogP contribution in [0.3, 0.4) is 0 Å². The summed E-state index contributed by atoms with van der Waals surface area (Å²) >= 11 is 0. The third-order valence-electron chi connectivity index (χ3n) is 4.88. The van der Waals surface area contributed by atoms with Crippen molar-refractivity contribution in [2.75, 3.05) is 6.61 Å². The first kappa shape index (κ1) is 24.9. The quantitative estimate of drug-likeness (QED) is 0.149. The molecule has 152 valence electrons. The predicted molar refractivity (Wildman–Crippen MR) is 104 cm³/mol. The van der Waals surface area contributed by atoms with Crippen LogP contribution in [-0.2, 0) is 14.6 Å². The lowest BCUT2D eigenvalue weighted by Gasteiger charge is -2.18. The fraction of sp³-hybridized carbons (Fsp3) is 1.00. The molecular weight excluding hydrogens is 336 g/mol. The van der Waals surface area contributed by atoms with Crippen LogP contribution in [0.2, 0.25) is 0 Å². The normalized spacial score (nSPS) is 13.2. The largest absolute Gasteiger partial charge is 0.726 e. The molecule has 0 aromatic heterocycles. The zero-order valence-corrected chi connectivity index (χ0v) is 17.5. The van der Waals surface area contributed by atoms with Gasteiger partial charge in [0.1, 0.15) is 0 Å². The van der Waals surface area contributed by atoms with Crippen LogP contribution in [0.1, 0.15) is 117 Å². The van der Waals surface area contributed by atoms with Crippen molar-refractivity contribution < 1.29 is 17.2 Å². The molecule has 0 heterocycles. The van der Waals surface area contributed by atoms with E-state index in [1.807, 2.05) is 0 Å². The van der Waals surface area contributed by atoms with Gasteiger partial charge in [0.05, 0.1) is 6.61 Å². The van der Waals surface area contributed by atoms with Gasteiger partial charge in [-0.2, -0.15) is 0 Å². The highest BCUT2D eigenvalue weighted by Crippen LogP contribution is 2.20. The molecule has 0 amide bonds. The summed E-state index contributed by atoms with van der Waals surface area (Å²) in [5, 5.41) is 0. The maximum Gasteiger partial charge on any atom is 0.217 e. The van der Waals surface area contributed by atoms with Gasteiger partial charge in [-0.3, -0.25) is 4.18 Å². The first-order chi connectivity index (χ1) is 12.0. The summed E-state index contributed by atoms with van der Waals surface area (Å²) in [4.78, 5) is 0. The summed E-state index contributed by atoms with van der Waals surface area (Å²) < 4.78 is 36.6. The molecule has 1 atom stereocenters. The molecule has 0 saturated heterocycles. The molecule has 0 aliphatic rings. The van der Waals surface area contributed by atoms with Crippen molar-refractivity contribution in [3.63, 3.8) is 0 Å². The number of unbranched alkanes of at least 4 members (excludes halogenated alkanes) is 12. The van der Waals surface area contributed by atoms with E-state index in [0.29, 0.717) is 0 Å². The molecule has 0 saturated carbocycles. The van der Waals surface area contributed by atoms with E-state index in [1.54, 1.807) is 0 Å². The molecule has 0 rings (SSSR count). The van der Waals surface area contributed by atoms with Gasteiger partial charge in [0.2, 0.25) is 10.4 Å². The predicted octanol–water partition coefficient (Wildman–Crippen LogP) is 6.36. The minimum absolute atomic E-state index is 0.0668. The average molecular weight is 378 g/mol. The Morgan fingerprint density at radius 2 is 1.04 bits per heavy atom. The lowest BCUT2D eigenvalue weighted by Crippen LogP contribution is -2.14. The van der Waals surface area contributed by atoms with Gasteiger partial charge >= 0.3 is 0 Å². The number of hydrogen-bond acceptors (Lipinski definition) is 4. The molecule has 0 N–H and O–H groups in total. The third-order valence-corrected chi connectivity index (χ3v) is 5.30. The Labute approximate surface area is 157 Å². The van der Waals surface area contributed by atoms with E-state index < -0.39 is 10.4 Å². The summed E-state index contributed by atoms with van der Waals surface area (Å²) in [7, 11) is -4.56. The van der Waals surface area contributed by atoms with Crippen LogP contribution in [0.25, 0.3) is 0 Å². The molecule has 25 heavy (non-hydrogen) atoms. The molecule has 0 aromatic rings. The molecule has 0 radical (unpaired) electrons. The van der Waals surface area contributed by atoms with Crippen LogP contribution in [-0.4, -0.2) is 19.6 Å². The molecule has 5 heteroatoms. The van der Waals surface area contributed by atoms with Crippen LogP contribution in [0.5, 0.6) is 0 Å². The van der Waals surface area contributed by atoms with Gasteiger partial charge in [-0.1, -0.05) is 104 Å². The van der Waals surface area contributed by atoms with Crippen LogP contribution in [0.15, 0.2) is 0 Å². The second-order valence-corrected chi connectivity index (χ2v) is 8.43. The van der Waals surface area contributed by atoms with Gasteiger partial charge in [-0.15, -0.1) is 0 Å². The van der Waals surface area contributed by atoms with Gasteiger partial charge in [0.15, 0.2) is 0 Å². The lowest BCUT2D eigenvalue weighted by atomic mass is 9.95. The van der Waals surface area contributed by atoms with Gasteiger partial charge in [0, 0.05) is 0 Å². The zero-order valence-electron chi connectivity index (χ0n) is 16.6. The Kier molecular flexibility index (Phi) is 17.2. The zero-order chi connectivity index (χ0) is 18.8. The molecule has 0 aliphatic heterocycles. The van der Waals surface area contributed by atoms with E-state index in [4.69, 9.17) is 0 Å². The SMILES string of the molecule is CCCCCCCCCCC(CCCCCCCC)COS(=O)(=O)[O-]. The van der Waals surface area contributed by atoms with Crippen LogP contribution in [0.4, 0.5) is 0 Å². The molecule has 1 unspecified atom stereocenters. The maximum absolute atomic E-state index is 10.7. The Balaban J connectivity index is 3.85. The second kappa shape index (κ2) is 17.3. The fourth-order valence-electron chi connectivity index (χ4n) is 3.27. The Bertz CT molecular complexity index is 368. The van der Waals surface area contributed by atoms with Gasteiger partial charge in [0.25, 0.3) is 0 Å². The monoisotopic (exact) mass is 377 g/mol. The fourth-order valence-corrected chi connectivity index (χ4v) is 3.63. The van der Waals surface area contributed by atoms with Crippen molar-refractivity contribution in [3.05, 3.63) is 0 Å². The summed E-state index contributed by atoms with van der Waals surface area (Å²) in [6, 6.07) is 0. The molecule has 0 aromatic carbocycles. The highest BCUT2D eigenvalue weighted by molar-refractivity contribution is 7.80. The van der Waals surface area contributed by atoms with E-state index in [2.05, 4.69) is 18.0 Å². The molecule has 0 fully saturated rings. The van der Waals surface area contributed by atoms with Crippen LogP contribution >= 0.6 is 0 Å². The summed E-state index contributed by atoms with van der Waals surface area (Å²) in [6.45, 7) is 4.51. The molecule has 0 aliphatic carbocycles. The molecule has 4 nitrogen and oxygen atoms in total.